The number of carbonyl (C=O) groups excluding carboxylic acids is 1. The van der Waals surface area contributed by atoms with Gasteiger partial charge in [-0.3, -0.25) is 4.79 Å². The van der Waals surface area contributed by atoms with E-state index in [4.69, 9.17) is 0 Å². The normalized spacial score (nSPS) is 21.7. The van der Waals surface area contributed by atoms with Gasteiger partial charge in [0.25, 0.3) is 5.91 Å². The summed E-state index contributed by atoms with van der Waals surface area (Å²) in [5.41, 5.74) is 6.20. The van der Waals surface area contributed by atoms with Gasteiger partial charge in [-0.1, -0.05) is 18.2 Å². The third-order valence-electron chi connectivity index (χ3n) is 6.21. The monoisotopic (exact) mass is 361 g/mol. The van der Waals surface area contributed by atoms with Gasteiger partial charge in [0.2, 0.25) is 0 Å². The summed E-state index contributed by atoms with van der Waals surface area (Å²) >= 11 is 0. The number of likely N-dealkylation sites (tertiary alicyclic amines) is 1. The van der Waals surface area contributed by atoms with Crippen LogP contribution in [0.15, 0.2) is 42.7 Å². The molecule has 1 aliphatic carbocycles. The molecule has 1 saturated heterocycles. The molecule has 2 N–H and O–H groups in total. The van der Waals surface area contributed by atoms with Crippen molar-refractivity contribution in [2.24, 2.45) is 0 Å². The highest BCUT2D eigenvalue weighted by Crippen LogP contribution is 2.41. The fraction of sp³-hybridized carbons (Fsp3) is 0.364. The number of carbonyl (C=O) groups is 1. The number of piperidine rings is 1. The number of aliphatic hydroxyl groups is 1. The lowest BCUT2D eigenvalue weighted by molar-refractivity contribution is 0.0547. The number of amides is 1. The van der Waals surface area contributed by atoms with Crippen LogP contribution < -0.4 is 0 Å². The summed E-state index contributed by atoms with van der Waals surface area (Å²) in [6.07, 6.45) is 5.77. The van der Waals surface area contributed by atoms with Crippen molar-refractivity contribution in [1.82, 2.24) is 14.9 Å². The molecule has 0 unspecified atom stereocenters. The lowest BCUT2D eigenvalue weighted by Crippen LogP contribution is -2.49. The summed E-state index contributed by atoms with van der Waals surface area (Å²) in [7, 11) is 0. The molecular weight excluding hydrogens is 338 g/mol. The number of nitrogens with one attached hydrogen (secondary N) is 1. The van der Waals surface area contributed by atoms with Crippen LogP contribution in [0.2, 0.25) is 0 Å². The molecule has 5 heteroatoms. The van der Waals surface area contributed by atoms with Gasteiger partial charge in [-0.2, -0.15) is 0 Å². The highest BCUT2D eigenvalue weighted by Gasteiger charge is 2.38. The van der Waals surface area contributed by atoms with E-state index in [9.17, 15) is 9.90 Å². The summed E-state index contributed by atoms with van der Waals surface area (Å²) < 4.78 is 0. The molecule has 138 valence electrons. The van der Waals surface area contributed by atoms with Crippen molar-refractivity contribution >= 4 is 16.9 Å². The number of hydrogen-bond donors (Lipinski definition) is 2. The van der Waals surface area contributed by atoms with Crippen LogP contribution in [0.4, 0.5) is 0 Å². The van der Waals surface area contributed by atoms with Crippen LogP contribution >= 0.6 is 0 Å². The zero-order valence-corrected chi connectivity index (χ0v) is 15.2. The second-order valence-corrected chi connectivity index (χ2v) is 7.68. The number of aliphatic hydroxyl groups excluding tert-OH is 1. The number of aryl methyl sites for hydroxylation is 1. The molecule has 0 bridgehead atoms. The van der Waals surface area contributed by atoms with Crippen LogP contribution in [0.25, 0.3) is 11.0 Å². The molecule has 2 heterocycles. The molecule has 2 atom stereocenters. The smallest absolute Gasteiger partial charge is 0.254 e. The lowest BCUT2D eigenvalue weighted by atomic mass is 9.74. The van der Waals surface area contributed by atoms with Crippen molar-refractivity contribution in [3.63, 3.8) is 0 Å². The Labute approximate surface area is 158 Å². The maximum Gasteiger partial charge on any atom is 0.254 e. The maximum atomic E-state index is 13.3. The van der Waals surface area contributed by atoms with Gasteiger partial charge in [0.05, 0.1) is 24.0 Å². The minimum absolute atomic E-state index is 0.0854. The van der Waals surface area contributed by atoms with E-state index in [1.54, 1.807) is 6.33 Å². The van der Waals surface area contributed by atoms with E-state index in [1.807, 2.05) is 24.3 Å². The number of hydrogen-bond acceptors (Lipinski definition) is 3. The van der Waals surface area contributed by atoms with Crippen LogP contribution in [0.5, 0.6) is 0 Å². The Morgan fingerprint density at radius 1 is 1.22 bits per heavy atom. The van der Waals surface area contributed by atoms with Crippen molar-refractivity contribution in [2.75, 3.05) is 6.54 Å². The zero-order chi connectivity index (χ0) is 18.4. The van der Waals surface area contributed by atoms with Gasteiger partial charge in [0, 0.05) is 24.1 Å². The number of rotatable bonds is 2. The molecule has 3 aromatic rings. The van der Waals surface area contributed by atoms with Crippen LogP contribution in [-0.2, 0) is 13.0 Å². The maximum absolute atomic E-state index is 13.3. The van der Waals surface area contributed by atoms with Gasteiger partial charge in [-0.15, -0.1) is 0 Å². The first kappa shape index (κ1) is 16.5. The Balaban J connectivity index is 1.46. The average Bonchev–Trinajstić information content (AvgIpc) is 3.20. The third kappa shape index (κ3) is 2.73. The molecule has 27 heavy (non-hydrogen) atoms. The number of H-pyrrole nitrogens is 1. The molecule has 0 saturated carbocycles. The SMILES string of the molecule is O=C(c1ccc2nc[nH]c2c1)N1CCC[C@@H]2c3ccc(CO)cc3CC[C@@H]21. The van der Waals surface area contributed by atoms with Crippen molar-refractivity contribution in [2.45, 2.75) is 44.2 Å². The largest absolute Gasteiger partial charge is 0.392 e. The van der Waals surface area contributed by atoms with Crippen LogP contribution in [0.3, 0.4) is 0 Å². The van der Waals surface area contributed by atoms with E-state index in [0.29, 0.717) is 5.92 Å². The Morgan fingerprint density at radius 2 is 2.15 bits per heavy atom. The number of aromatic amines is 1. The number of nitrogens with zero attached hydrogens (tertiary/aromatic N) is 2. The van der Waals surface area contributed by atoms with Gasteiger partial charge < -0.3 is 15.0 Å². The second-order valence-electron chi connectivity index (χ2n) is 7.68. The van der Waals surface area contributed by atoms with Gasteiger partial charge in [-0.05, 0) is 60.6 Å². The molecule has 1 amide bonds. The lowest BCUT2D eigenvalue weighted by Gasteiger charge is -2.45. The topological polar surface area (TPSA) is 69.2 Å². The number of imidazole rings is 1. The summed E-state index contributed by atoms with van der Waals surface area (Å²) in [5, 5.41) is 9.41. The Morgan fingerprint density at radius 3 is 3.04 bits per heavy atom. The molecule has 5 nitrogen and oxygen atoms in total. The predicted octanol–water partition coefficient (Wildman–Crippen LogP) is 3.39. The standard InChI is InChI=1S/C22H23N3O2/c26-12-14-3-6-17-15(10-14)5-8-21-18(17)2-1-9-25(21)22(27)16-4-7-19-20(11-16)24-13-23-19/h3-4,6-7,10-11,13,18,21,26H,1-2,5,8-9,12H2,(H,23,24)/t18-,21+/m1/s1. The summed E-state index contributed by atoms with van der Waals surface area (Å²) in [6.45, 7) is 0.910. The van der Waals surface area contributed by atoms with E-state index in [2.05, 4.69) is 27.0 Å². The van der Waals surface area contributed by atoms with E-state index < -0.39 is 0 Å². The van der Waals surface area contributed by atoms with E-state index >= 15 is 0 Å². The summed E-state index contributed by atoms with van der Waals surface area (Å²) in [5.74, 6) is 0.520. The molecule has 1 aliphatic heterocycles. The molecule has 1 aromatic heterocycles. The first-order valence-electron chi connectivity index (χ1n) is 9.71. The van der Waals surface area contributed by atoms with Crippen molar-refractivity contribution < 1.29 is 9.90 Å². The van der Waals surface area contributed by atoms with Crippen molar-refractivity contribution in [1.29, 1.82) is 0 Å². The van der Waals surface area contributed by atoms with E-state index in [0.717, 1.165) is 54.4 Å². The van der Waals surface area contributed by atoms with Crippen LogP contribution in [0.1, 0.15) is 52.2 Å². The third-order valence-corrected chi connectivity index (χ3v) is 6.21. The Bertz CT molecular complexity index is 1010. The average molecular weight is 361 g/mol. The van der Waals surface area contributed by atoms with Gasteiger partial charge >= 0.3 is 0 Å². The van der Waals surface area contributed by atoms with Gasteiger partial charge in [0.1, 0.15) is 0 Å². The fourth-order valence-electron chi connectivity index (χ4n) is 4.90. The number of aromatic nitrogens is 2. The molecule has 0 spiro atoms. The quantitative estimate of drug-likeness (QED) is 0.735. The number of benzene rings is 2. The first-order chi connectivity index (χ1) is 13.2. The molecular formula is C22H23N3O2. The molecule has 0 radical (unpaired) electrons. The van der Waals surface area contributed by atoms with Crippen molar-refractivity contribution in [3.05, 3.63) is 65.0 Å². The molecule has 2 aliphatic rings. The van der Waals surface area contributed by atoms with Gasteiger partial charge in [0.15, 0.2) is 0 Å². The van der Waals surface area contributed by atoms with Gasteiger partial charge in [-0.25, -0.2) is 4.98 Å². The predicted molar refractivity (Wildman–Crippen MR) is 104 cm³/mol. The molecule has 5 rings (SSSR count). The zero-order valence-electron chi connectivity index (χ0n) is 15.2. The molecule has 2 aromatic carbocycles. The highest BCUT2D eigenvalue weighted by atomic mass is 16.3. The highest BCUT2D eigenvalue weighted by molar-refractivity contribution is 5.97. The minimum atomic E-state index is 0.0854. The minimum Gasteiger partial charge on any atom is -0.392 e. The number of fused-ring (bicyclic) bond motifs is 4. The summed E-state index contributed by atoms with van der Waals surface area (Å²) in [6, 6.07) is 12.3. The Hall–Kier alpha value is -2.66. The second kappa shape index (κ2) is 6.50. The molecule has 1 fully saturated rings. The van der Waals surface area contributed by atoms with E-state index in [1.165, 1.54) is 11.1 Å². The summed E-state index contributed by atoms with van der Waals surface area (Å²) in [4.78, 5) is 22.7. The van der Waals surface area contributed by atoms with E-state index in [-0.39, 0.29) is 18.6 Å². The first-order valence-corrected chi connectivity index (χ1v) is 9.71. The fourth-order valence-corrected chi connectivity index (χ4v) is 4.90. The van der Waals surface area contributed by atoms with Crippen molar-refractivity contribution in [3.8, 4) is 0 Å². The Kier molecular flexibility index (Phi) is 3.97. The van der Waals surface area contributed by atoms with Crippen LogP contribution in [0, 0.1) is 0 Å². The van der Waals surface area contributed by atoms with Crippen LogP contribution in [-0.4, -0.2) is 38.5 Å².